The summed E-state index contributed by atoms with van der Waals surface area (Å²) in [7, 11) is 0. The van der Waals surface area contributed by atoms with E-state index in [1.54, 1.807) is 12.1 Å². The molecule has 0 atom stereocenters. The molecule has 0 aliphatic heterocycles. The number of carbonyl (C=O) groups excluding carboxylic acids is 1. The maximum Gasteiger partial charge on any atom is 0.228 e. The van der Waals surface area contributed by atoms with Gasteiger partial charge < -0.3 is 5.32 Å². The number of amides is 1. The van der Waals surface area contributed by atoms with Gasteiger partial charge in [-0.05, 0) is 60.6 Å². The molecule has 2 nitrogen and oxygen atoms in total. The maximum atomic E-state index is 13.1. The van der Waals surface area contributed by atoms with Gasteiger partial charge in [0.05, 0.1) is 6.42 Å². The SMILES string of the molecule is O=C(Cc1ccc2c(c1)CCCC2)Nc1cccc(F)c1. The van der Waals surface area contributed by atoms with Gasteiger partial charge in [-0.3, -0.25) is 4.79 Å². The van der Waals surface area contributed by atoms with Crippen molar-refractivity contribution in [2.24, 2.45) is 0 Å². The summed E-state index contributed by atoms with van der Waals surface area (Å²) in [6.45, 7) is 0. The highest BCUT2D eigenvalue weighted by molar-refractivity contribution is 5.92. The lowest BCUT2D eigenvalue weighted by Crippen LogP contribution is -2.15. The van der Waals surface area contributed by atoms with Gasteiger partial charge in [-0.2, -0.15) is 0 Å². The minimum Gasteiger partial charge on any atom is -0.326 e. The Balaban J connectivity index is 1.67. The number of anilines is 1. The first kappa shape index (κ1) is 13.8. The molecule has 0 fully saturated rings. The Hall–Kier alpha value is -2.16. The molecule has 0 radical (unpaired) electrons. The zero-order chi connectivity index (χ0) is 14.7. The van der Waals surface area contributed by atoms with Gasteiger partial charge in [0.15, 0.2) is 0 Å². The zero-order valence-corrected chi connectivity index (χ0v) is 11.9. The van der Waals surface area contributed by atoms with E-state index in [0.29, 0.717) is 12.1 Å². The van der Waals surface area contributed by atoms with Crippen LogP contribution in [0.1, 0.15) is 29.5 Å². The molecule has 1 amide bonds. The quantitative estimate of drug-likeness (QED) is 0.910. The number of hydrogen-bond donors (Lipinski definition) is 1. The van der Waals surface area contributed by atoms with Crippen LogP contribution in [0.3, 0.4) is 0 Å². The molecular weight excluding hydrogens is 265 g/mol. The Kier molecular flexibility index (Phi) is 4.00. The summed E-state index contributed by atoms with van der Waals surface area (Å²) < 4.78 is 13.1. The molecule has 3 rings (SSSR count). The third-order valence-corrected chi connectivity index (χ3v) is 3.89. The number of fused-ring (bicyclic) bond motifs is 1. The minimum atomic E-state index is -0.346. The Morgan fingerprint density at radius 2 is 1.86 bits per heavy atom. The first-order valence-electron chi connectivity index (χ1n) is 7.37. The first-order valence-corrected chi connectivity index (χ1v) is 7.37. The summed E-state index contributed by atoms with van der Waals surface area (Å²) in [5.41, 5.74) is 4.30. The van der Waals surface area contributed by atoms with E-state index >= 15 is 0 Å². The second-order valence-corrected chi connectivity index (χ2v) is 5.55. The first-order chi connectivity index (χ1) is 10.2. The lowest BCUT2D eigenvalue weighted by molar-refractivity contribution is -0.115. The van der Waals surface area contributed by atoms with Gasteiger partial charge in [0, 0.05) is 5.69 Å². The molecule has 0 aromatic heterocycles. The van der Waals surface area contributed by atoms with Crippen LogP contribution in [0.25, 0.3) is 0 Å². The van der Waals surface area contributed by atoms with Crippen molar-refractivity contribution in [3.05, 3.63) is 65.0 Å². The van der Waals surface area contributed by atoms with E-state index in [2.05, 4.69) is 17.4 Å². The van der Waals surface area contributed by atoms with E-state index in [-0.39, 0.29) is 11.7 Å². The van der Waals surface area contributed by atoms with Crippen LogP contribution in [-0.4, -0.2) is 5.91 Å². The summed E-state index contributed by atoms with van der Waals surface area (Å²) in [5.74, 6) is -0.460. The molecule has 0 spiro atoms. The van der Waals surface area contributed by atoms with Crippen molar-refractivity contribution in [2.75, 3.05) is 5.32 Å². The summed E-state index contributed by atoms with van der Waals surface area (Å²) in [6, 6.07) is 12.3. The van der Waals surface area contributed by atoms with Crippen LogP contribution in [0.2, 0.25) is 0 Å². The summed E-state index contributed by atoms with van der Waals surface area (Å²) >= 11 is 0. The lowest BCUT2D eigenvalue weighted by Gasteiger charge is -2.16. The van der Waals surface area contributed by atoms with E-state index in [1.807, 2.05) is 6.07 Å². The highest BCUT2D eigenvalue weighted by Gasteiger charge is 2.11. The van der Waals surface area contributed by atoms with Gasteiger partial charge in [-0.25, -0.2) is 4.39 Å². The van der Waals surface area contributed by atoms with Crippen molar-refractivity contribution in [1.29, 1.82) is 0 Å². The molecule has 21 heavy (non-hydrogen) atoms. The number of aryl methyl sites for hydroxylation is 2. The van der Waals surface area contributed by atoms with Crippen LogP contribution in [-0.2, 0) is 24.1 Å². The van der Waals surface area contributed by atoms with Gasteiger partial charge in [0.25, 0.3) is 0 Å². The molecule has 0 saturated carbocycles. The minimum absolute atomic E-state index is 0.114. The fourth-order valence-electron chi connectivity index (χ4n) is 2.85. The van der Waals surface area contributed by atoms with Crippen LogP contribution < -0.4 is 5.32 Å². The normalized spacial score (nSPS) is 13.6. The van der Waals surface area contributed by atoms with E-state index in [0.717, 1.165) is 18.4 Å². The van der Waals surface area contributed by atoms with Gasteiger partial charge in [0.1, 0.15) is 5.82 Å². The molecule has 0 unspecified atom stereocenters. The molecule has 2 aromatic rings. The van der Waals surface area contributed by atoms with Crippen molar-refractivity contribution in [3.8, 4) is 0 Å². The third kappa shape index (κ3) is 3.48. The number of nitrogens with one attached hydrogen (secondary N) is 1. The molecule has 2 aromatic carbocycles. The average Bonchev–Trinajstić information content (AvgIpc) is 2.47. The molecule has 0 heterocycles. The number of rotatable bonds is 3. The second kappa shape index (κ2) is 6.08. The second-order valence-electron chi connectivity index (χ2n) is 5.55. The van der Waals surface area contributed by atoms with Crippen LogP contribution in [0.15, 0.2) is 42.5 Å². The van der Waals surface area contributed by atoms with Crippen molar-refractivity contribution >= 4 is 11.6 Å². The molecule has 1 N–H and O–H groups in total. The van der Waals surface area contributed by atoms with Crippen molar-refractivity contribution < 1.29 is 9.18 Å². The Labute approximate surface area is 124 Å². The number of hydrogen-bond acceptors (Lipinski definition) is 1. The van der Waals surface area contributed by atoms with E-state index in [4.69, 9.17) is 0 Å². The van der Waals surface area contributed by atoms with Crippen LogP contribution in [0, 0.1) is 5.82 Å². The molecule has 1 aliphatic rings. The fourth-order valence-corrected chi connectivity index (χ4v) is 2.85. The van der Waals surface area contributed by atoms with E-state index < -0.39 is 0 Å². The van der Waals surface area contributed by atoms with E-state index in [9.17, 15) is 9.18 Å². The molecule has 1 aliphatic carbocycles. The number of halogens is 1. The summed E-state index contributed by atoms with van der Waals surface area (Å²) in [4.78, 5) is 12.0. The molecule has 0 saturated heterocycles. The predicted molar refractivity (Wildman–Crippen MR) is 81.8 cm³/mol. The fraction of sp³-hybridized carbons (Fsp3) is 0.278. The maximum absolute atomic E-state index is 13.1. The van der Waals surface area contributed by atoms with E-state index in [1.165, 1.54) is 36.1 Å². The molecule has 3 heteroatoms. The van der Waals surface area contributed by atoms with Crippen molar-refractivity contribution in [2.45, 2.75) is 32.1 Å². The van der Waals surface area contributed by atoms with Gasteiger partial charge >= 0.3 is 0 Å². The van der Waals surface area contributed by atoms with Gasteiger partial charge in [-0.15, -0.1) is 0 Å². The number of carbonyl (C=O) groups is 1. The Morgan fingerprint density at radius 3 is 2.67 bits per heavy atom. The van der Waals surface area contributed by atoms with Crippen LogP contribution >= 0.6 is 0 Å². The van der Waals surface area contributed by atoms with Gasteiger partial charge in [0.2, 0.25) is 5.91 Å². The third-order valence-electron chi connectivity index (χ3n) is 3.89. The monoisotopic (exact) mass is 283 g/mol. The molecule has 0 bridgehead atoms. The topological polar surface area (TPSA) is 29.1 Å². The smallest absolute Gasteiger partial charge is 0.228 e. The summed E-state index contributed by atoms with van der Waals surface area (Å²) in [5, 5.41) is 2.73. The van der Waals surface area contributed by atoms with Crippen LogP contribution in [0.4, 0.5) is 10.1 Å². The Bertz CT molecular complexity index is 666. The summed E-state index contributed by atoms with van der Waals surface area (Å²) in [6.07, 6.45) is 5.06. The Morgan fingerprint density at radius 1 is 1.05 bits per heavy atom. The van der Waals surface area contributed by atoms with Crippen molar-refractivity contribution in [3.63, 3.8) is 0 Å². The van der Waals surface area contributed by atoms with Crippen molar-refractivity contribution in [1.82, 2.24) is 0 Å². The highest BCUT2D eigenvalue weighted by Crippen LogP contribution is 2.22. The lowest BCUT2D eigenvalue weighted by atomic mass is 9.90. The van der Waals surface area contributed by atoms with Crippen LogP contribution in [0.5, 0.6) is 0 Å². The molecule has 108 valence electrons. The largest absolute Gasteiger partial charge is 0.326 e. The number of benzene rings is 2. The predicted octanol–water partition coefficient (Wildman–Crippen LogP) is 3.89. The standard InChI is InChI=1S/C18H18FNO/c19-16-6-3-7-17(12-16)20-18(21)11-13-8-9-14-4-1-2-5-15(14)10-13/h3,6-10,12H,1-2,4-5,11H2,(H,20,21). The van der Waals surface area contributed by atoms with Gasteiger partial charge in [-0.1, -0.05) is 24.3 Å². The average molecular weight is 283 g/mol. The zero-order valence-electron chi connectivity index (χ0n) is 11.9. The molecular formula is C18H18FNO. The highest BCUT2D eigenvalue weighted by atomic mass is 19.1.